The van der Waals surface area contributed by atoms with Crippen LogP contribution in [0.4, 0.5) is 5.82 Å². The van der Waals surface area contributed by atoms with Gasteiger partial charge in [0.2, 0.25) is 0 Å². The molecule has 6 nitrogen and oxygen atoms in total. The van der Waals surface area contributed by atoms with Gasteiger partial charge in [-0.1, -0.05) is 6.07 Å². The van der Waals surface area contributed by atoms with Crippen LogP contribution in [0, 0.1) is 6.92 Å². The van der Waals surface area contributed by atoms with E-state index in [9.17, 15) is 0 Å². The molecule has 0 aliphatic carbocycles. The Morgan fingerprint density at radius 2 is 2.21 bits per heavy atom. The first-order valence-electron chi connectivity index (χ1n) is 6.03. The molecular formula is C13H14N6. The first-order chi connectivity index (χ1) is 9.25. The predicted octanol–water partition coefficient (Wildman–Crippen LogP) is 1.68. The molecule has 0 fully saturated rings. The van der Waals surface area contributed by atoms with Gasteiger partial charge in [0.15, 0.2) is 5.65 Å². The predicted molar refractivity (Wildman–Crippen MR) is 72.6 cm³/mol. The highest BCUT2D eigenvalue weighted by Crippen LogP contribution is 2.22. The Morgan fingerprint density at radius 3 is 3.00 bits per heavy atom. The van der Waals surface area contributed by atoms with Crippen molar-refractivity contribution < 1.29 is 0 Å². The molecule has 0 radical (unpaired) electrons. The van der Waals surface area contributed by atoms with Crippen molar-refractivity contribution in [1.82, 2.24) is 24.7 Å². The summed E-state index contributed by atoms with van der Waals surface area (Å²) < 4.78 is 1.77. The number of hydrogen-bond donors (Lipinski definition) is 1. The number of anilines is 1. The van der Waals surface area contributed by atoms with Crippen molar-refractivity contribution in [1.29, 1.82) is 0 Å². The number of nitrogens with one attached hydrogen (secondary N) is 1. The molecule has 3 aromatic rings. The van der Waals surface area contributed by atoms with Crippen molar-refractivity contribution in [3.63, 3.8) is 0 Å². The van der Waals surface area contributed by atoms with E-state index in [0.717, 1.165) is 28.1 Å². The standard InChI is InChI=1S/C13H14N6/c1-9-11-12(15-7-10-4-3-5-14-6-10)16-8-17-13(11)19(2)18-9/h3-6,8H,7H2,1-2H3,(H,15,16,17). The summed E-state index contributed by atoms with van der Waals surface area (Å²) in [5.74, 6) is 0.805. The minimum Gasteiger partial charge on any atom is -0.365 e. The molecule has 0 saturated carbocycles. The second kappa shape index (κ2) is 4.64. The van der Waals surface area contributed by atoms with Gasteiger partial charge >= 0.3 is 0 Å². The maximum absolute atomic E-state index is 4.37. The normalized spacial score (nSPS) is 10.8. The Kier molecular flexibility index (Phi) is 2.83. The topological polar surface area (TPSA) is 68.5 Å². The fourth-order valence-corrected chi connectivity index (χ4v) is 2.10. The molecule has 0 unspecified atom stereocenters. The molecule has 3 heterocycles. The number of nitrogens with zero attached hydrogens (tertiary/aromatic N) is 5. The van der Waals surface area contributed by atoms with Gasteiger partial charge in [-0.05, 0) is 18.6 Å². The van der Waals surface area contributed by atoms with Crippen LogP contribution in [0.2, 0.25) is 0 Å². The van der Waals surface area contributed by atoms with Gasteiger partial charge in [-0.3, -0.25) is 9.67 Å². The molecule has 19 heavy (non-hydrogen) atoms. The van der Waals surface area contributed by atoms with E-state index in [1.54, 1.807) is 17.2 Å². The van der Waals surface area contributed by atoms with E-state index < -0.39 is 0 Å². The summed E-state index contributed by atoms with van der Waals surface area (Å²) >= 11 is 0. The average Bonchev–Trinajstić information content (AvgIpc) is 2.74. The number of fused-ring (bicyclic) bond motifs is 1. The minimum absolute atomic E-state index is 0.675. The largest absolute Gasteiger partial charge is 0.365 e. The molecule has 0 bridgehead atoms. The molecule has 0 aliphatic heterocycles. The number of aryl methyl sites for hydroxylation is 2. The van der Waals surface area contributed by atoms with E-state index in [4.69, 9.17) is 0 Å². The van der Waals surface area contributed by atoms with E-state index in [-0.39, 0.29) is 0 Å². The zero-order chi connectivity index (χ0) is 13.2. The lowest BCUT2D eigenvalue weighted by atomic mass is 10.2. The lowest BCUT2D eigenvalue weighted by molar-refractivity contribution is 0.773. The highest BCUT2D eigenvalue weighted by molar-refractivity contribution is 5.88. The lowest BCUT2D eigenvalue weighted by Crippen LogP contribution is -2.03. The lowest BCUT2D eigenvalue weighted by Gasteiger charge is -2.06. The average molecular weight is 254 g/mol. The molecule has 0 spiro atoms. The van der Waals surface area contributed by atoms with Crippen LogP contribution in [-0.2, 0) is 13.6 Å². The Morgan fingerprint density at radius 1 is 1.32 bits per heavy atom. The van der Waals surface area contributed by atoms with Crippen molar-refractivity contribution in [2.75, 3.05) is 5.32 Å². The van der Waals surface area contributed by atoms with Crippen molar-refractivity contribution >= 4 is 16.9 Å². The first-order valence-corrected chi connectivity index (χ1v) is 6.03. The van der Waals surface area contributed by atoms with Gasteiger partial charge in [0, 0.05) is 26.0 Å². The van der Waals surface area contributed by atoms with E-state index in [1.165, 1.54) is 0 Å². The summed E-state index contributed by atoms with van der Waals surface area (Å²) in [6.07, 6.45) is 5.15. The first kappa shape index (κ1) is 11.6. The second-order valence-electron chi connectivity index (χ2n) is 4.34. The SMILES string of the molecule is Cc1nn(C)c2ncnc(NCc3cccnc3)c12. The van der Waals surface area contributed by atoms with Gasteiger partial charge in [0.1, 0.15) is 12.1 Å². The van der Waals surface area contributed by atoms with Crippen LogP contribution in [0.25, 0.3) is 11.0 Å². The Bertz CT molecular complexity index is 704. The molecular weight excluding hydrogens is 240 g/mol. The molecule has 3 rings (SSSR count). The van der Waals surface area contributed by atoms with E-state index in [0.29, 0.717) is 6.54 Å². The summed E-state index contributed by atoms with van der Waals surface area (Å²) in [5.41, 5.74) is 2.86. The Hall–Kier alpha value is -2.50. The molecule has 3 aromatic heterocycles. The van der Waals surface area contributed by atoms with Gasteiger partial charge in [0.25, 0.3) is 0 Å². The third-order valence-electron chi connectivity index (χ3n) is 2.98. The van der Waals surface area contributed by atoms with Crippen molar-refractivity contribution in [3.05, 3.63) is 42.1 Å². The van der Waals surface area contributed by atoms with Gasteiger partial charge < -0.3 is 5.32 Å². The number of pyridine rings is 1. The van der Waals surface area contributed by atoms with E-state index in [2.05, 4.69) is 25.4 Å². The van der Waals surface area contributed by atoms with E-state index >= 15 is 0 Å². The third kappa shape index (κ3) is 2.12. The number of rotatable bonds is 3. The summed E-state index contributed by atoms with van der Waals surface area (Å²) in [7, 11) is 1.88. The molecule has 96 valence electrons. The Labute approximate surface area is 110 Å². The van der Waals surface area contributed by atoms with Gasteiger partial charge in [-0.2, -0.15) is 5.10 Å². The highest BCUT2D eigenvalue weighted by atomic mass is 15.3. The summed E-state index contributed by atoms with van der Waals surface area (Å²) in [4.78, 5) is 12.6. The fourth-order valence-electron chi connectivity index (χ4n) is 2.10. The maximum Gasteiger partial charge on any atom is 0.163 e. The number of hydrogen-bond acceptors (Lipinski definition) is 5. The highest BCUT2D eigenvalue weighted by Gasteiger charge is 2.11. The summed E-state index contributed by atoms with van der Waals surface area (Å²) in [5, 5.41) is 8.65. The third-order valence-corrected chi connectivity index (χ3v) is 2.98. The van der Waals surface area contributed by atoms with Crippen LogP contribution in [0.5, 0.6) is 0 Å². The van der Waals surface area contributed by atoms with Crippen molar-refractivity contribution in [2.45, 2.75) is 13.5 Å². The molecule has 6 heteroatoms. The van der Waals surface area contributed by atoms with Crippen LogP contribution in [0.1, 0.15) is 11.3 Å². The fraction of sp³-hybridized carbons (Fsp3) is 0.231. The second-order valence-corrected chi connectivity index (χ2v) is 4.34. The smallest absolute Gasteiger partial charge is 0.163 e. The molecule has 0 aromatic carbocycles. The molecule has 0 atom stereocenters. The van der Waals surface area contributed by atoms with Crippen LogP contribution in [0.15, 0.2) is 30.9 Å². The summed E-state index contributed by atoms with van der Waals surface area (Å²) in [6, 6.07) is 3.94. The monoisotopic (exact) mass is 254 g/mol. The van der Waals surface area contributed by atoms with Crippen LogP contribution in [-0.4, -0.2) is 24.7 Å². The van der Waals surface area contributed by atoms with Crippen molar-refractivity contribution in [3.8, 4) is 0 Å². The Balaban J connectivity index is 1.93. The zero-order valence-corrected chi connectivity index (χ0v) is 10.8. The number of aromatic nitrogens is 5. The van der Waals surface area contributed by atoms with Crippen LogP contribution < -0.4 is 5.32 Å². The minimum atomic E-state index is 0.675. The molecule has 0 amide bonds. The van der Waals surface area contributed by atoms with Crippen LogP contribution >= 0.6 is 0 Å². The maximum atomic E-state index is 4.37. The molecule has 1 N–H and O–H groups in total. The van der Waals surface area contributed by atoms with Crippen LogP contribution in [0.3, 0.4) is 0 Å². The van der Waals surface area contributed by atoms with Gasteiger partial charge in [0.05, 0.1) is 11.1 Å². The summed E-state index contributed by atoms with van der Waals surface area (Å²) in [6.45, 7) is 2.63. The zero-order valence-electron chi connectivity index (χ0n) is 10.8. The van der Waals surface area contributed by atoms with Crippen molar-refractivity contribution in [2.24, 2.45) is 7.05 Å². The van der Waals surface area contributed by atoms with Gasteiger partial charge in [-0.25, -0.2) is 9.97 Å². The van der Waals surface area contributed by atoms with E-state index in [1.807, 2.05) is 32.3 Å². The molecule has 0 saturated heterocycles. The molecule has 0 aliphatic rings. The van der Waals surface area contributed by atoms with Gasteiger partial charge in [-0.15, -0.1) is 0 Å². The quantitative estimate of drug-likeness (QED) is 0.770.